The number of aliphatic hydroxyl groups excluding tert-OH is 1. The molecule has 2 aliphatic heterocycles. The van der Waals surface area contributed by atoms with Crippen molar-refractivity contribution in [1.82, 2.24) is 0 Å². The first-order valence-electron chi connectivity index (χ1n) is 7.34. The number of benzene rings is 1. The Hall–Kier alpha value is -0.980. The van der Waals surface area contributed by atoms with E-state index in [-0.39, 0.29) is 18.3 Å². The van der Waals surface area contributed by atoms with Gasteiger partial charge in [0.15, 0.2) is 12.1 Å². The lowest BCUT2D eigenvalue weighted by Gasteiger charge is -2.24. The first kappa shape index (κ1) is 14.9. The Morgan fingerprint density at radius 2 is 2.05 bits per heavy atom. The van der Waals surface area contributed by atoms with Crippen LogP contribution >= 0.6 is 0 Å². The van der Waals surface area contributed by atoms with Gasteiger partial charge in [-0.1, -0.05) is 30.3 Å². The standard InChI is InChI=1S/C16H22O5/c1-16(2)19-10-13(21-16)15-12(8-14(17)20-15)18-9-11-6-4-3-5-7-11/h3-7,12-15,17H,8-10H2,1-2H3/t12-,13-,14+,15+/m1/s1. The van der Waals surface area contributed by atoms with Crippen LogP contribution in [0.1, 0.15) is 25.8 Å². The van der Waals surface area contributed by atoms with Crippen LogP contribution in [0.5, 0.6) is 0 Å². The highest BCUT2D eigenvalue weighted by Crippen LogP contribution is 2.32. The van der Waals surface area contributed by atoms with Gasteiger partial charge >= 0.3 is 0 Å². The van der Waals surface area contributed by atoms with Crippen LogP contribution in [0.4, 0.5) is 0 Å². The van der Waals surface area contributed by atoms with Crippen LogP contribution in [0.3, 0.4) is 0 Å². The normalized spacial score (nSPS) is 35.2. The molecule has 1 N–H and O–H groups in total. The molecule has 1 aromatic rings. The Balaban J connectivity index is 1.60. The molecule has 3 rings (SSSR count). The lowest BCUT2D eigenvalue weighted by molar-refractivity contribution is -0.178. The van der Waals surface area contributed by atoms with Gasteiger partial charge in [-0.25, -0.2) is 0 Å². The number of aliphatic hydroxyl groups is 1. The summed E-state index contributed by atoms with van der Waals surface area (Å²) >= 11 is 0. The summed E-state index contributed by atoms with van der Waals surface area (Å²) in [5.41, 5.74) is 1.10. The second-order valence-electron chi connectivity index (χ2n) is 5.99. The highest BCUT2D eigenvalue weighted by molar-refractivity contribution is 5.13. The van der Waals surface area contributed by atoms with E-state index in [1.165, 1.54) is 0 Å². The van der Waals surface area contributed by atoms with E-state index in [1.54, 1.807) is 0 Å². The van der Waals surface area contributed by atoms with E-state index in [4.69, 9.17) is 18.9 Å². The molecule has 2 aliphatic rings. The maximum Gasteiger partial charge on any atom is 0.163 e. The summed E-state index contributed by atoms with van der Waals surface area (Å²) in [5.74, 6) is -0.606. The van der Waals surface area contributed by atoms with Crippen molar-refractivity contribution in [3.8, 4) is 0 Å². The molecule has 0 aliphatic carbocycles. The third-order valence-electron chi connectivity index (χ3n) is 3.82. The summed E-state index contributed by atoms with van der Waals surface area (Å²) in [6.45, 7) is 4.70. The molecule has 0 saturated carbocycles. The molecule has 0 radical (unpaired) electrons. The zero-order valence-corrected chi connectivity index (χ0v) is 12.4. The van der Waals surface area contributed by atoms with Gasteiger partial charge in [0.05, 0.1) is 19.3 Å². The summed E-state index contributed by atoms with van der Waals surface area (Å²) in [7, 11) is 0. The molecule has 0 aromatic heterocycles. The summed E-state index contributed by atoms with van der Waals surface area (Å²) in [6, 6.07) is 9.96. The van der Waals surface area contributed by atoms with E-state index in [2.05, 4.69) is 0 Å². The molecule has 1 aromatic carbocycles. The summed E-state index contributed by atoms with van der Waals surface area (Å²) < 4.78 is 22.9. The number of hydrogen-bond donors (Lipinski definition) is 1. The van der Waals surface area contributed by atoms with Crippen LogP contribution < -0.4 is 0 Å². The zero-order chi connectivity index (χ0) is 14.9. The van der Waals surface area contributed by atoms with Gasteiger partial charge < -0.3 is 24.1 Å². The zero-order valence-electron chi connectivity index (χ0n) is 12.4. The molecule has 5 heteroatoms. The molecule has 2 saturated heterocycles. The van der Waals surface area contributed by atoms with Gasteiger partial charge in [0.1, 0.15) is 12.2 Å². The molecule has 4 atom stereocenters. The van der Waals surface area contributed by atoms with Crippen molar-refractivity contribution in [3.63, 3.8) is 0 Å². The average Bonchev–Trinajstić information content (AvgIpc) is 3.00. The predicted octanol–water partition coefficient (Wildman–Crippen LogP) is 1.83. The summed E-state index contributed by atoms with van der Waals surface area (Å²) in [4.78, 5) is 0. The van der Waals surface area contributed by atoms with Crippen molar-refractivity contribution in [2.45, 2.75) is 57.3 Å². The highest BCUT2D eigenvalue weighted by Gasteiger charge is 2.46. The topological polar surface area (TPSA) is 57.2 Å². The van der Waals surface area contributed by atoms with E-state index in [0.29, 0.717) is 19.6 Å². The number of rotatable bonds is 4. The minimum Gasteiger partial charge on any atom is -0.371 e. The van der Waals surface area contributed by atoms with Crippen LogP contribution in [0.2, 0.25) is 0 Å². The smallest absolute Gasteiger partial charge is 0.163 e. The first-order valence-corrected chi connectivity index (χ1v) is 7.34. The molecule has 5 nitrogen and oxygen atoms in total. The lowest BCUT2D eigenvalue weighted by atomic mass is 10.1. The van der Waals surface area contributed by atoms with Crippen molar-refractivity contribution in [2.75, 3.05) is 6.61 Å². The van der Waals surface area contributed by atoms with Crippen molar-refractivity contribution in [3.05, 3.63) is 35.9 Å². The third kappa shape index (κ3) is 3.62. The SMILES string of the molecule is CC1(C)OC[C@H]([C@H]2O[C@H](O)C[C@H]2OCc2ccccc2)O1. The van der Waals surface area contributed by atoms with Crippen LogP contribution in [0, 0.1) is 0 Å². The van der Waals surface area contributed by atoms with Gasteiger partial charge in [0.25, 0.3) is 0 Å². The maximum atomic E-state index is 9.76. The second kappa shape index (κ2) is 6.02. The first-order chi connectivity index (χ1) is 10.0. The Morgan fingerprint density at radius 3 is 2.71 bits per heavy atom. The minimum absolute atomic E-state index is 0.192. The minimum atomic E-state index is -0.803. The molecule has 2 heterocycles. The fraction of sp³-hybridized carbons (Fsp3) is 0.625. The van der Waals surface area contributed by atoms with Crippen molar-refractivity contribution in [1.29, 1.82) is 0 Å². The van der Waals surface area contributed by atoms with Crippen molar-refractivity contribution < 1.29 is 24.1 Å². The van der Waals surface area contributed by atoms with E-state index in [9.17, 15) is 5.11 Å². The van der Waals surface area contributed by atoms with Crippen LogP contribution in [-0.4, -0.2) is 42.1 Å². The predicted molar refractivity (Wildman–Crippen MR) is 75.4 cm³/mol. The highest BCUT2D eigenvalue weighted by atomic mass is 16.8. The van der Waals surface area contributed by atoms with Gasteiger partial charge in [-0.3, -0.25) is 0 Å². The van der Waals surface area contributed by atoms with E-state index >= 15 is 0 Å². The number of ether oxygens (including phenoxy) is 4. The summed E-state index contributed by atoms with van der Waals surface area (Å²) in [5, 5.41) is 9.76. The molecular weight excluding hydrogens is 272 g/mol. The molecule has 0 bridgehead atoms. The second-order valence-corrected chi connectivity index (χ2v) is 5.99. The van der Waals surface area contributed by atoms with Crippen molar-refractivity contribution >= 4 is 0 Å². The molecule has 21 heavy (non-hydrogen) atoms. The Kier molecular flexibility index (Phi) is 4.28. The third-order valence-corrected chi connectivity index (χ3v) is 3.82. The molecular formula is C16H22O5. The van der Waals surface area contributed by atoms with Gasteiger partial charge in [-0.15, -0.1) is 0 Å². The summed E-state index contributed by atoms with van der Waals surface area (Å²) in [6.07, 6.45) is -1.05. The van der Waals surface area contributed by atoms with Crippen LogP contribution in [0.25, 0.3) is 0 Å². The molecule has 0 spiro atoms. The molecule has 0 amide bonds. The Morgan fingerprint density at radius 1 is 1.29 bits per heavy atom. The molecule has 116 valence electrons. The van der Waals surface area contributed by atoms with Gasteiger partial charge in [0, 0.05) is 6.42 Å². The van der Waals surface area contributed by atoms with Crippen molar-refractivity contribution in [2.24, 2.45) is 0 Å². The fourth-order valence-corrected chi connectivity index (χ4v) is 2.80. The van der Waals surface area contributed by atoms with E-state index < -0.39 is 12.1 Å². The van der Waals surface area contributed by atoms with Gasteiger partial charge in [-0.05, 0) is 19.4 Å². The van der Waals surface area contributed by atoms with Gasteiger partial charge in [0.2, 0.25) is 0 Å². The van der Waals surface area contributed by atoms with Crippen LogP contribution in [-0.2, 0) is 25.6 Å². The van der Waals surface area contributed by atoms with E-state index in [0.717, 1.165) is 5.56 Å². The van der Waals surface area contributed by atoms with Gasteiger partial charge in [-0.2, -0.15) is 0 Å². The Labute approximate surface area is 124 Å². The monoisotopic (exact) mass is 294 g/mol. The molecule has 0 unspecified atom stereocenters. The van der Waals surface area contributed by atoms with Crippen LogP contribution in [0.15, 0.2) is 30.3 Å². The molecule has 2 fully saturated rings. The largest absolute Gasteiger partial charge is 0.371 e. The quantitative estimate of drug-likeness (QED) is 0.918. The number of hydrogen-bond acceptors (Lipinski definition) is 5. The fourth-order valence-electron chi connectivity index (χ4n) is 2.80. The Bertz CT molecular complexity index is 461. The average molecular weight is 294 g/mol. The maximum absolute atomic E-state index is 9.76. The lowest BCUT2D eigenvalue weighted by Crippen LogP contribution is -2.38. The van der Waals surface area contributed by atoms with E-state index in [1.807, 2.05) is 44.2 Å².